The summed E-state index contributed by atoms with van der Waals surface area (Å²) in [7, 11) is 0. The summed E-state index contributed by atoms with van der Waals surface area (Å²) in [6, 6.07) is 14.4. The lowest BCUT2D eigenvalue weighted by atomic mass is 9.76. The van der Waals surface area contributed by atoms with E-state index in [1.807, 2.05) is 50.2 Å². The van der Waals surface area contributed by atoms with Gasteiger partial charge >= 0.3 is 0 Å². The van der Waals surface area contributed by atoms with Crippen molar-refractivity contribution in [3.8, 4) is 0 Å². The Morgan fingerprint density at radius 3 is 2.41 bits per heavy atom. The van der Waals surface area contributed by atoms with Crippen LogP contribution < -0.4 is 15.5 Å². The molecule has 0 radical (unpaired) electrons. The third kappa shape index (κ3) is 1.91. The van der Waals surface area contributed by atoms with E-state index < -0.39 is 17.4 Å². The molecule has 27 heavy (non-hydrogen) atoms. The number of hydrogen-bond acceptors (Lipinski definition) is 4. The molecular formula is C21H19N3O3. The number of anilines is 2. The molecule has 5 rings (SSSR count). The van der Waals surface area contributed by atoms with Crippen molar-refractivity contribution in [2.24, 2.45) is 11.8 Å². The molecule has 0 aliphatic carbocycles. The third-order valence-corrected chi connectivity index (χ3v) is 6.06. The predicted molar refractivity (Wildman–Crippen MR) is 100.0 cm³/mol. The quantitative estimate of drug-likeness (QED) is 0.761. The number of hydrogen-bond donors (Lipinski definition) is 2. The van der Waals surface area contributed by atoms with Gasteiger partial charge in [-0.1, -0.05) is 35.9 Å². The number of rotatable bonds is 1. The largest absolute Gasteiger partial charge is 0.324 e. The van der Waals surface area contributed by atoms with Crippen LogP contribution in [0.25, 0.3) is 0 Å². The van der Waals surface area contributed by atoms with Gasteiger partial charge in [-0.3, -0.25) is 19.7 Å². The molecule has 2 N–H and O–H groups in total. The number of carbonyl (C=O) groups excluding carboxylic acids is 3. The first-order valence-corrected chi connectivity index (χ1v) is 9.08. The van der Waals surface area contributed by atoms with Crippen molar-refractivity contribution in [2.45, 2.75) is 25.4 Å². The molecule has 4 atom stereocenters. The Labute approximate surface area is 156 Å². The van der Waals surface area contributed by atoms with Gasteiger partial charge in [0.1, 0.15) is 5.54 Å². The Balaban J connectivity index is 1.66. The van der Waals surface area contributed by atoms with Crippen LogP contribution in [0.5, 0.6) is 0 Å². The predicted octanol–water partition coefficient (Wildman–Crippen LogP) is 1.94. The van der Waals surface area contributed by atoms with E-state index in [0.717, 1.165) is 11.1 Å². The number of carbonyl (C=O) groups is 3. The van der Waals surface area contributed by atoms with Crippen molar-refractivity contribution in [1.29, 1.82) is 0 Å². The number of para-hydroxylation sites is 1. The van der Waals surface area contributed by atoms with Crippen molar-refractivity contribution in [1.82, 2.24) is 5.32 Å². The van der Waals surface area contributed by atoms with Crippen molar-refractivity contribution in [3.63, 3.8) is 0 Å². The molecule has 6 nitrogen and oxygen atoms in total. The van der Waals surface area contributed by atoms with Gasteiger partial charge in [0, 0.05) is 17.3 Å². The van der Waals surface area contributed by atoms with Crippen LogP contribution in [0, 0.1) is 18.8 Å². The lowest BCUT2D eigenvalue weighted by molar-refractivity contribution is -0.130. The summed E-state index contributed by atoms with van der Waals surface area (Å²) in [5.41, 5.74) is 1.83. The first-order chi connectivity index (χ1) is 12.9. The molecule has 136 valence electrons. The van der Waals surface area contributed by atoms with Gasteiger partial charge in [-0.05, 0) is 32.0 Å². The average Bonchev–Trinajstić information content (AvgIpc) is 3.21. The Kier molecular flexibility index (Phi) is 3.16. The second-order valence-electron chi connectivity index (χ2n) is 7.59. The minimum atomic E-state index is -1.20. The molecule has 1 spiro atoms. The highest BCUT2D eigenvalue weighted by Crippen LogP contribution is 2.53. The maximum Gasteiger partial charge on any atom is 0.250 e. The highest BCUT2D eigenvalue weighted by Gasteiger charge is 2.69. The summed E-state index contributed by atoms with van der Waals surface area (Å²) < 4.78 is 0. The minimum absolute atomic E-state index is 0.247. The van der Waals surface area contributed by atoms with Gasteiger partial charge in [0.15, 0.2) is 0 Å². The second-order valence-corrected chi connectivity index (χ2v) is 7.59. The zero-order chi connectivity index (χ0) is 18.9. The summed E-state index contributed by atoms with van der Waals surface area (Å²) in [6.45, 7) is 3.82. The molecule has 2 aromatic rings. The summed E-state index contributed by atoms with van der Waals surface area (Å²) in [5.74, 6) is -2.17. The monoisotopic (exact) mass is 361 g/mol. The van der Waals surface area contributed by atoms with Crippen molar-refractivity contribution < 1.29 is 14.4 Å². The lowest BCUT2D eigenvalue weighted by Crippen LogP contribution is -2.53. The number of imide groups is 1. The zero-order valence-corrected chi connectivity index (χ0v) is 15.0. The minimum Gasteiger partial charge on any atom is -0.324 e. The van der Waals surface area contributed by atoms with E-state index in [0.29, 0.717) is 11.4 Å². The Hall–Kier alpha value is -2.99. The van der Waals surface area contributed by atoms with E-state index in [4.69, 9.17) is 0 Å². The van der Waals surface area contributed by atoms with Crippen LogP contribution in [0.2, 0.25) is 0 Å². The summed E-state index contributed by atoms with van der Waals surface area (Å²) in [5, 5.41) is 6.18. The SMILES string of the molecule is Cc1ccc(N2C(=O)C3C(C)NC4(C(=O)Nc5ccccc54)C3C2=O)cc1. The molecule has 2 saturated heterocycles. The number of amides is 3. The van der Waals surface area contributed by atoms with E-state index in [9.17, 15) is 14.4 Å². The van der Waals surface area contributed by atoms with Crippen LogP contribution in [0.1, 0.15) is 18.1 Å². The standard InChI is InChI=1S/C21H19N3O3/c1-11-7-9-13(10-8-11)24-18(25)16-12(2)23-21(17(16)19(24)26)14-5-3-4-6-15(14)22-20(21)27/h3-10,12,16-17,23H,1-2H3,(H,22,27). The van der Waals surface area contributed by atoms with Crippen LogP contribution in [-0.4, -0.2) is 23.8 Å². The Morgan fingerprint density at radius 1 is 0.963 bits per heavy atom. The van der Waals surface area contributed by atoms with Gasteiger partial charge in [0.25, 0.3) is 0 Å². The van der Waals surface area contributed by atoms with E-state index in [1.165, 1.54) is 4.90 Å². The summed E-state index contributed by atoms with van der Waals surface area (Å²) >= 11 is 0. The van der Waals surface area contributed by atoms with Crippen molar-refractivity contribution in [2.75, 3.05) is 10.2 Å². The normalized spacial score (nSPS) is 31.4. The number of nitrogens with one attached hydrogen (secondary N) is 2. The third-order valence-electron chi connectivity index (χ3n) is 6.06. The number of nitrogens with zero attached hydrogens (tertiary/aromatic N) is 1. The first-order valence-electron chi connectivity index (χ1n) is 9.08. The van der Waals surface area contributed by atoms with E-state index >= 15 is 0 Å². The van der Waals surface area contributed by atoms with Crippen LogP contribution >= 0.6 is 0 Å². The van der Waals surface area contributed by atoms with Gasteiger partial charge in [-0.25, -0.2) is 4.90 Å². The van der Waals surface area contributed by atoms with E-state index in [-0.39, 0.29) is 23.8 Å². The summed E-state index contributed by atoms with van der Waals surface area (Å²) in [4.78, 5) is 40.9. The van der Waals surface area contributed by atoms with Crippen LogP contribution in [0.4, 0.5) is 11.4 Å². The van der Waals surface area contributed by atoms with E-state index in [1.54, 1.807) is 12.1 Å². The van der Waals surface area contributed by atoms with Crippen LogP contribution in [0.3, 0.4) is 0 Å². The van der Waals surface area contributed by atoms with Gasteiger partial charge in [-0.15, -0.1) is 0 Å². The molecule has 0 saturated carbocycles. The van der Waals surface area contributed by atoms with Gasteiger partial charge < -0.3 is 5.32 Å². The number of aryl methyl sites for hydroxylation is 1. The highest BCUT2D eigenvalue weighted by atomic mass is 16.2. The molecule has 2 fully saturated rings. The molecule has 2 aromatic carbocycles. The second kappa shape index (κ2) is 5.27. The summed E-state index contributed by atoms with van der Waals surface area (Å²) in [6.07, 6.45) is 0. The van der Waals surface area contributed by atoms with E-state index in [2.05, 4.69) is 10.6 Å². The average molecular weight is 361 g/mol. The Morgan fingerprint density at radius 2 is 1.67 bits per heavy atom. The molecular weight excluding hydrogens is 342 g/mol. The zero-order valence-electron chi connectivity index (χ0n) is 15.0. The van der Waals surface area contributed by atoms with Gasteiger partial charge in [0.05, 0.1) is 17.5 Å². The molecule has 3 aliphatic rings. The molecule has 3 heterocycles. The fraction of sp³-hybridized carbons (Fsp3) is 0.286. The molecule has 4 unspecified atom stereocenters. The molecule has 3 amide bonds. The van der Waals surface area contributed by atoms with Crippen LogP contribution in [0.15, 0.2) is 48.5 Å². The van der Waals surface area contributed by atoms with Crippen LogP contribution in [-0.2, 0) is 19.9 Å². The first kappa shape index (κ1) is 16.2. The fourth-order valence-corrected chi connectivity index (χ4v) is 4.87. The smallest absolute Gasteiger partial charge is 0.250 e. The van der Waals surface area contributed by atoms with Crippen molar-refractivity contribution >= 4 is 29.1 Å². The Bertz CT molecular complexity index is 1000. The molecule has 6 heteroatoms. The van der Waals surface area contributed by atoms with Crippen molar-refractivity contribution in [3.05, 3.63) is 59.7 Å². The molecule has 3 aliphatic heterocycles. The molecule has 0 aromatic heterocycles. The van der Waals surface area contributed by atoms with Gasteiger partial charge in [0.2, 0.25) is 17.7 Å². The van der Waals surface area contributed by atoms with Gasteiger partial charge in [-0.2, -0.15) is 0 Å². The lowest BCUT2D eigenvalue weighted by Gasteiger charge is -2.29. The fourth-order valence-electron chi connectivity index (χ4n) is 4.87. The highest BCUT2D eigenvalue weighted by molar-refractivity contribution is 6.25. The number of benzene rings is 2. The molecule has 0 bridgehead atoms. The maximum absolute atomic E-state index is 13.4. The maximum atomic E-state index is 13.4. The number of fused-ring (bicyclic) bond motifs is 4. The topological polar surface area (TPSA) is 78.5 Å².